The lowest BCUT2D eigenvalue weighted by atomic mass is 10.1. The SMILES string of the molecule is CC/C=C\C/C=C\C/C=C\C/C=C\CCCOCC(COC(=O)CCCCCCCCCCC/C=C\C/C=C\CCCCC)OC(=O)CCCCCCCCC/C=C\C/C=C\C/C=C\CC. The topological polar surface area (TPSA) is 61.8 Å². The van der Waals surface area contributed by atoms with Gasteiger partial charge in [0.1, 0.15) is 6.61 Å². The Morgan fingerprint density at radius 2 is 0.682 bits per heavy atom. The summed E-state index contributed by atoms with van der Waals surface area (Å²) in [6.07, 6.45) is 76.8. The Bertz CT molecular complexity index is 1310. The fourth-order valence-corrected chi connectivity index (χ4v) is 7.26. The highest BCUT2D eigenvalue weighted by molar-refractivity contribution is 5.70. The van der Waals surface area contributed by atoms with Crippen molar-refractivity contribution in [3.05, 3.63) is 109 Å². The van der Waals surface area contributed by atoms with E-state index in [9.17, 15) is 9.59 Å². The molecule has 1 atom stereocenters. The Kier molecular flexibility index (Phi) is 53.0. The van der Waals surface area contributed by atoms with Crippen LogP contribution in [0.1, 0.15) is 239 Å². The number of esters is 2. The molecule has 0 aliphatic heterocycles. The maximum atomic E-state index is 12.8. The predicted octanol–water partition coefficient (Wildman–Crippen LogP) is 18.8. The number of carbonyl (C=O) groups excluding carboxylic acids is 2. The number of hydrogen-bond acceptors (Lipinski definition) is 5. The molecule has 0 bridgehead atoms. The van der Waals surface area contributed by atoms with Crippen LogP contribution in [0.3, 0.4) is 0 Å². The second-order valence-corrected chi connectivity index (χ2v) is 17.7. The first-order valence-corrected chi connectivity index (χ1v) is 27.4. The lowest BCUT2D eigenvalue weighted by Gasteiger charge is -2.18. The van der Waals surface area contributed by atoms with Crippen molar-refractivity contribution < 1.29 is 23.8 Å². The molecule has 0 aliphatic rings. The fourth-order valence-electron chi connectivity index (χ4n) is 7.26. The van der Waals surface area contributed by atoms with E-state index in [1.807, 2.05) is 0 Å². The van der Waals surface area contributed by atoms with Gasteiger partial charge in [-0.1, -0.05) is 220 Å². The van der Waals surface area contributed by atoms with Crippen LogP contribution in [0.15, 0.2) is 109 Å². The van der Waals surface area contributed by atoms with Crippen molar-refractivity contribution in [3.8, 4) is 0 Å². The van der Waals surface area contributed by atoms with Gasteiger partial charge in [-0.25, -0.2) is 0 Å². The molecule has 0 heterocycles. The first-order valence-electron chi connectivity index (χ1n) is 27.4. The Morgan fingerprint density at radius 1 is 0.348 bits per heavy atom. The van der Waals surface area contributed by atoms with Gasteiger partial charge in [0.2, 0.25) is 0 Å². The zero-order chi connectivity index (χ0) is 47.7. The number of rotatable bonds is 49. The fraction of sp³-hybridized carbons (Fsp3) is 0.672. The smallest absolute Gasteiger partial charge is 0.306 e. The molecule has 0 aromatic carbocycles. The molecule has 376 valence electrons. The van der Waals surface area contributed by atoms with E-state index in [1.165, 1.54) is 96.3 Å². The molecule has 66 heavy (non-hydrogen) atoms. The molecule has 0 N–H and O–H groups in total. The summed E-state index contributed by atoms with van der Waals surface area (Å²) < 4.78 is 17.4. The van der Waals surface area contributed by atoms with Crippen LogP contribution in [0.4, 0.5) is 0 Å². The molecule has 5 nitrogen and oxygen atoms in total. The second kappa shape index (κ2) is 55.9. The van der Waals surface area contributed by atoms with Crippen LogP contribution in [0, 0.1) is 0 Å². The third-order valence-corrected chi connectivity index (χ3v) is 11.3. The summed E-state index contributed by atoms with van der Waals surface area (Å²) in [6.45, 7) is 7.43. The van der Waals surface area contributed by atoms with Crippen LogP contribution in [0.5, 0.6) is 0 Å². The normalized spacial score (nSPS) is 13.1. The Morgan fingerprint density at radius 3 is 1.09 bits per heavy atom. The van der Waals surface area contributed by atoms with E-state index < -0.39 is 6.10 Å². The van der Waals surface area contributed by atoms with Crippen molar-refractivity contribution in [2.75, 3.05) is 19.8 Å². The monoisotopic (exact) mass is 915 g/mol. The molecule has 0 saturated heterocycles. The third kappa shape index (κ3) is 53.2. The highest BCUT2D eigenvalue weighted by Gasteiger charge is 2.17. The summed E-state index contributed by atoms with van der Waals surface area (Å²) in [4.78, 5) is 25.5. The van der Waals surface area contributed by atoms with E-state index in [0.717, 1.165) is 109 Å². The van der Waals surface area contributed by atoms with Crippen LogP contribution in [-0.4, -0.2) is 37.9 Å². The molecule has 0 fully saturated rings. The highest BCUT2D eigenvalue weighted by atomic mass is 16.6. The molecule has 0 spiro atoms. The zero-order valence-corrected chi connectivity index (χ0v) is 43.2. The first-order chi connectivity index (χ1) is 32.6. The molecular weight excluding hydrogens is 813 g/mol. The molecule has 0 saturated carbocycles. The Hall–Kier alpha value is -3.44. The Labute approximate surface area is 408 Å². The number of ether oxygens (including phenoxy) is 3. The summed E-state index contributed by atoms with van der Waals surface area (Å²) in [5, 5.41) is 0. The van der Waals surface area contributed by atoms with Gasteiger partial charge in [-0.2, -0.15) is 0 Å². The van der Waals surface area contributed by atoms with Gasteiger partial charge in [0.05, 0.1) is 6.61 Å². The van der Waals surface area contributed by atoms with E-state index >= 15 is 0 Å². The van der Waals surface area contributed by atoms with Gasteiger partial charge in [0.25, 0.3) is 0 Å². The van der Waals surface area contributed by atoms with Gasteiger partial charge < -0.3 is 14.2 Å². The lowest BCUT2D eigenvalue weighted by molar-refractivity contribution is -0.163. The minimum Gasteiger partial charge on any atom is -0.462 e. The van der Waals surface area contributed by atoms with Gasteiger partial charge in [0.15, 0.2) is 6.10 Å². The van der Waals surface area contributed by atoms with Crippen LogP contribution in [0.25, 0.3) is 0 Å². The second-order valence-electron chi connectivity index (χ2n) is 17.7. The van der Waals surface area contributed by atoms with E-state index in [-0.39, 0.29) is 25.2 Å². The molecule has 0 rings (SSSR count). The summed E-state index contributed by atoms with van der Waals surface area (Å²) >= 11 is 0. The van der Waals surface area contributed by atoms with Crippen molar-refractivity contribution >= 4 is 11.9 Å². The standard InChI is InChI=1S/C61H102O5/c1-4-7-10-13-16-19-22-25-28-30-31-33-34-36-39-42-45-48-51-54-60(62)65-58-59(57-64-56-53-50-47-44-41-38-27-24-21-18-15-12-9-6-3)66-61(63)55-52-49-46-43-40-37-35-32-29-26-23-20-17-14-11-8-5-2/h8-9,11-12,16-21,25-29,38,44,47,59H,4-7,10,13-15,22-24,30-37,39-43,45-46,48-58H2,1-3H3/b11-8-,12-9-,19-16-,20-17-,21-18-,28-25-,29-26-,38-27-,47-44-. The molecule has 0 radical (unpaired) electrons. The quantitative estimate of drug-likeness (QED) is 0.0346. The van der Waals surface area contributed by atoms with Gasteiger partial charge >= 0.3 is 11.9 Å². The van der Waals surface area contributed by atoms with Gasteiger partial charge in [0, 0.05) is 19.4 Å². The van der Waals surface area contributed by atoms with Crippen LogP contribution < -0.4 is 0 Å². The van der Waals surface area contributed by atoms with Crippen molar-refractivity contribution in [2.45, 2.75) is 245 Å². The first kappa shape index (κ1) is 62.6. The lowest BCUT2D eigenvalue weighted by Crippen LogP contribution is -2.30. The average molecular weight is 915 g/mol. The molecule has 0 aliphatic carbocycles. The van der Waals surface area contributed by atoms with Crippen LogP contribution in [-0.2, 0) is 23.8 Å². The maximum absolute atomic E-state index is 12.8. The maximum Gasteiger partial charge on any atom is 0.306 e. The molecule has 0 amide bonds. The molecular formula is C61H102O5. The van der Waals surface area contributed by atoms with Gasteiger partial charge in [-0.3, -0.25) is 9.59 Å². The van der Waals surface area contributed by atoms with E-state index in [2.05, 4.69) is 130 Å². The van der Waals surface area contributed by atoms with Crippen LogP contribution in [0.2, 0.25) is 0 Å². The molecule has 1 unspecified atom stereocenters. The van der Waals surface area contributed by atoms with E-state index in [4.69, 9.17) is 14.2 Å². The van der Waals surface area contributed by atoms with Crippen molar-refractivity contribution in [3.63, 3.8) is 0 Å². The largest absolute Gasteiger partial charge is 0.462 e. The van der Waals surface area contributed by atoms with Gasteiger partial charge in [-0.15, -0.1) is 0 Å². The predicted molar refractivity (Wildman–Crippen MR) is 288 cm³/mol. The summed E-state index contributed by atoms with van der Waals surface area (Å²) in [5.74, 6) is -0.446. The molecule has 0 aromatic heterocycles. The average Bonchev–Trinajstić information content (AvgIpc) is 3.32. The van der Waals surface area contributed by atoms with Crippen molar-refractivity contribution in [1.29, 1.82) is 0 Å². The van der Waals surface area contributed by atoms with Crippen molar-refractivity contribution in [1.82, 2.24) is 0 Å². The van der Waals surface area contributed by atoms with Crippen LogP contribution >= 0.6 is 0 Å². The molecule has 0 aromatic rings. The number of unbranched alkanes of at least 4 members (excludes halogenated alkanes) is 20. The number of allylic oxidation sites excluding steroid dienone is 18. The van der Waals surface area contributed by atoms with E-state index in [1.54, 1.807) is 0 Å². The summed E-state index contributed by atoms with van der Waals surface area (Å²) in [7, 11) is 0. The molecule has 5 heteroatoms. The van der Waals surface area contributed by atoms with E-state index in [0.29, 0.717) is 19.4 Å². The van der Waals surface area contributed by atoms with Crippen molar-refractivity contribution in [2.24, 2.45) is 0 Å². The van der Waals surface area contributed by atoms with Gasteiger partial charge in [-0.05, 0) is 116 Å². The third-order valence-electron chi connectivity index (χ3n) is 11.3. The zero-order valence-electron chi connectivity index (χ0n) is 43.2. The highest BCUT2D eigenvalue weighted by Crippen LogP contribution is 2.14. The summed E-state index contributed by atoms with van der Waals surface area (Å²) in [5.41, 5.74) is 0. The minimum atomic E-state index is -0.579. The number of carbonyl (C=O) groups is 2. The summed E-state index contributed by atoms with van der Waals surface area (Å²) in [6, 6.07) is 0. The Balaban J connectivity index is 4.36. The number of hydrogen-bond donors (Lipinski definition) is 0. The minimum absolute atomic E-state index is 0.0515.